The number of anilines is 3. The summed E-state index contributed by atoms with van der Waals surface area (Å²) in [6.07, 6.45) is 6.02. The number of carbonyl (C=O) groups is 1. The Bertz CT molecular complexity index is 1020. The Morgan fingerprint density at radius 1 is 1.00 bits per heavy atom. The first-order valence-electron chi connectivity index (χ1n) is 11.6. The van der Waals surface area contributed by atoms with Crippen LogP contribution in [0.3, 0.4) is 0 Å². The summed E-state index contributed by atoms with van der Waals surface area (Å²) in [5.74, 6) is -0.274. The Labute approximate surface area is 195 Å². The van der Waals surface area contributed by atoms with Gasteiger partial charge in [-0.2, -0.15) is 0 Å². The lowest BCUT2D eigenvalue weighted by atomic mass is 10.1. The molecule has 0 unspecified atom stereocenters. The van der Waals surface area contributed by atoms with E-state index in [0.717, 1.165) is 69.7 Å². The van der Waals surface area contributed by atoms with Crippen molar-refractivity contribution in [3.63, 3.8) is 0 Å². The van der Waals surface area contributed by atoms with Crippen molar-refractivity contribution in [1.29, 1.82) is 5.41 Å². The number of aromatic nitrogens is 1. The maximum Gasteiger partial charge on any atom is 0.274 e. The van der Waals surface area contributed by atoms with Gasteiger partial charge in [0.1, 0.15) is 5.69 Å². The molecule has 2 saturated heterocycles. The Balaban J connectivity index is 1.60. The molecule has 3 heterocycles. The number of nitrogens with zero attached hydrogens (tertiary/aromatic N) is 4. The van der Waals surface area contributed by atoms with E-state index in [2.05, 4.69) is 44.2 Å². The van der Waals surface area contributed by atoms with Crippen molar-refractivity contribution in [3.8, 4) is 0 Å². The standard InChI is InChI=1S/C25H33N7O/c1-30-12-14-31(15-13-30)20-8-9-22(24(16-20)32-10-3-2-4-11-32)29-25(33)23-7-5-6-21(28-23)19(17-26)18-27/h5-9,16-18,26H,2-4,10-15,27H2,1H3,(H,29,33)/b19-18+,26-17?. The molecule has 0 bridgehead atoms. The van der Waals surface area contributed by atoms with Crippen molar-refractivity contribution in [2.24, 2.45) is 5.73 Å². The maximum atomic E-state index is 13.1. The van der Waals surface area contributed by atoms with E-state index in [9.17, 15) is 4.79 Å². The van der Waals surface area contributed by atoms with E-state index in [-0.39, 0.29) is 5.91 Å². The third-order valence-electron chi connectivity index (χ3n) is 6.41. The van der Waals surface area contributed by atoms with Gasteiger partial charge in [-0.1, -0.05) is 6.07 Å². The fourth-order valence-corrected chi connectivity index (χ4v) is 4.40. The topological polar surface area (TPSA) is 102 Å². The van der Waals surface area contributed by atoms with Gasteiger partial charge in [0.05, 0.1) is 17.1 Å². The van der Waals surface area contributed by atoms with E-state index in [0.29, 0.717) is 17.0 Å². The van der Waals surface area contributed by atoms with E-state index in [1.165, 1.54) is 18.3 Å². The van der Waals surface area contributed by atoms with Crippen molar-refractivity contribution in [1.82, 2.24) is 9.88 Å². The highest BCUT2D eigenvalue weighted by atomic mass is 16.1. The molecule has 4 rings (SSSR count). The highest BCUT2D eigenvalue weighted by molar-refractivity contribution is 6.08. The number of hydrogen-bond donors (Lipinski definition) is 3. The van der Waals surface area contributed by atoms with Gasteiger partial charge in [0.15, 0.2) is 0 Å². The molecule has 1 aromatic carbocycles. The molecule has 1 aromatic heterocycles. The highest BCUT2D eigenvalue weighted by Crippen LogP contribution is 2.33. The number of benzene rings is 1. The van der Waals surface area contributed by atoms with Gasteiger partial charge in [-0.25, -0.2) is 4.98 Å². The summed E-state index contributed by atoms with van der Waals surface area (Å²) in [4.78, 5) is 24.7. The van der Waals surface area contributed by atoms with Gasteiger partial charge < -0.3 is 31.2 Å². The van der Waals surface area contributed by atoms with Gasteiger partial charge in [0.2, 0.25) is 0 Å². The summed E-state index contributed by atoms with van der Waals surface area (Å²) in [7, 11) is 2.16. The molecule has 0 aliphatic carbocycles. The first-order chi connectivity index (χ1) is 16.1. The van der Waals surface area contributed by atoms with Crippen LogP contribution in [0.4, 0.5) is 17.1 Å². The first-order valence-corrected chi connectivity index (χ1v) is 11.6. The molecular formula is C25H33N7O. The molecule has 0 saturated carbocycles. The average Bonchev–Trinajstić information content (AvgIpc) is 2.86. The molecule has 8 heteroatoms. The van der Waals surface area contributed by atoms with Crippen LogP contribution in [0.5, 0.6) is 0 Å². The first kappa shape index (κ1) is 22.8. The van der Waals surface area contributed by atoms with Crippen molar-refractivity contribution in [2.75, 3.05) is 61.4 Å². The molecule has 174 valence electrons. The zero-order valence-electron chi connectivity index (χ0n) is 19.3. The molecule has 1 amide bonds. The number of piperidine rings is 1. The van der Waals surface area contributed by atoms with Crippen LogP contribution in [0.1, 0.15) is 35.4 Å². The van der Waals surface area contributed by atoms with Crippen molar-refractivity contribution in [2.45, 2.75) is 19.3 Å². The van der Waals surface area contributed by atoms with Gasteiger partial charge >= 0.3 is 0 Å². The second kappa shape index (κ2) is 10.5. The molecule has 2 aliphatic heterocycles. The average molecular weight is 448 g/mol. The Kier molecular flexibility index (Phi) is 7.24. The Hall–Kier alpha value is -3.39. The fraction of sp³-hybridized carbons (Fsp3) is 0.400. The normalized spacial score (nSPS) is 17.7. The lowest BCUT2D eigenvalue weighted by molar-refractivity contribution is 0.102. The second-order valence-corrected chi connectivity index (χ2v) is 8.67. The van der Waals surface area contributed by atoms with Crippen LogP contribution < -0.4 is 20.9 Å². The number of nitrogens with one attached hydrogen (secondary N) is 2. The van der Waals surface area contributed by atoms with Crippen molar-refractivity contribution in [3.05, 3.63) is 54.0 Å². The lowest BCUT2D eigenvalue weighted by Crippen LogP contribution is -2.44. The van der Waals surface area contributed by atoms with Gasteiger partial charge in [-0.3, -0.25) is 4.79 Å². The molecule has 4 N–H and O–H groups in total. The smallest absolute Gasteiger partial charge is 0.274 e. The molecule has 33 heavy (non-hydrogen) atoms. The molecule has 0 radical (unpaired) electrons. The number of allylic oxidation sites excluding steroid dienone is 1. The molecule has 2 aromatic rings. The van der Waals surface area contributed by atoms with Crippen LogP contribution in [-0.4, -0.2) is 68.3 Å². The zero-order valence-corrected chi connectivity index (χ0v) is 19.3. The third kappa shape index (κ3) is 5.34. The molecule has 0 spiro atoms. The minimum Gasteiger partial charge on any atom is -0.404 e. The number of carbonyl (C=O) groups excluding carboxylic acids is 1. The number of rotatable bonds is 6. The van der Waals surface area contributed by atoms with Crippen LogP contribution in [0.25, 0.3) is 5.57 Å². The van der Waals surface area contributed by atoms with Crippen LogP contribution in [0.15, 0.2) is 42.6 Å². The molecule has 0 atom stereocenters. The Morgan fingerprint density at radius 2 is 1.73 bits per heavy atom. The summed E-state index contributed by atoms with van der Waals surface area (Å²) in [5, 5.41) is 10.6. The number of likely N-dealkylation sites (N-methyl/N-ethyl adjacent to an activating group) is 1. The lowest BCUT2D eigenvalue weighted by Gasteiger charge is -2.36. The monoisotopic (exact) mass is 447 g/mol. The largest absolute Gasteiger partial charge is 0.404 e. The fourth-order valence-electron chi connectivity index (χ4n) is 4.40. The summed E-state index contributed by atoms with van der Waals surface area (Å²) in [6.45, 7) is 6.09. The number of piperazine rings is 1. The van der Waals surface area contributed by atoms with E-state index in [4.69, 9.17) is 11.1 Å². The van der Waals surface area contributed by atoms with Crippen molar-refractivity contribution >= 4 is 34.8 Å². The molecule has 2 fully saturated rings. The minimum atomic E-state index is -0.274. The van der Waals surface area contributed by atoms with E-state index in [1.54, 1.807) is 18.2 Å². The van der Waals surface area contributed by atoms with Gasteiger partial charge in [0, 0.05) is 62.9 Å². The van der Waals surface area contributed by atoms with Gasteiger partial charge in [-0.15, -0.1) is 0 Å². The minimum absolute atomic E-state index is 0.274. The SMILES string of the molecule is CN1CCN(c2ccc(NC(=O)c3cccc(/C(C=N)=C/N)n3)c(N3CCCCC3)c2)CC1. The predicted octanol–water partition coefficient (Wildman–Crippen LogP) is 3.03. The summed E-state index contributed by atoms with van der Waals surface area (Å²) in [5.41, 5.74) is 9.91. The molecule has 2 aliphatic rings. The number of hydrogen-bond acceptors (Lipinski definition) is 7. The van der Waals surface area contributed by atoms with Gasteiger partial charge in [0.25, 0.3) is 5.91 Å². The summed E-state index contributed by atoms with van der Waals surface area (Å²) < 4.78 is 0. The van der Waals surface area contributed by atoms with Crippen LogP contribution in [0.2, 0.25) is 0 Å². The summed E-state index contributed by atoms with van der Waals surface area (Å²) >= 11 is 0. The zero-order chi connectivity index (χ0) is 23.2. The molecule has 8 nitrogen and oxygen atoms in total. The van der Waals surface area contributed by atoms with E-state index in [1.807, 2.05) is 6.07 Å². The quantitative estimate of drug-likeness (QED) is 0.589. The maximum absolute atomic E-state index is 13.1. The number of pyridine rings is 1. The number of amides is 1. The Morgan fingerprint density at radius 3 is 2.42 bits per heavy atom. The van der Waals surface area contributed by atoms with Crippen molar-refractivity contribution < 1.29 is 4.79 Å². The van der Waals surface area contributed by atoms with Gasteiger partial charge in [-0.05, 0) is 56.6 Å². The number of nitrogens with two attached hydrogens (primary N) is 1. The third-order valence-corrected chi connectivity index (χ3v) is 6.41. The van der Waals surface area contributed by atoms with Crippen LogP contribution in [0, 0.1) is 5.41 Å². The summed E-state index contributed by atoms with van der Waals surface area (Å²) in [6, 6.07) is 11.5. The van der Waals surface area contributed by atoms with Crippen LogP contribution in [-0.2, 0) is 0 Å². The van der Waals surface area contributed by atoms with E-state index >= 15 is 0 Å². The predicted molar refractivity (Wildman–Crippen MR) is 135 cm³/mol. The van der Waals surface area contributed by atoms with Crippen LogP contribution >= 0.6 is 0 Å². The second-order valence-electron chi connectivity index (χ2n) is 8.67. The molecular weight excluding hydrogens is 414 g/mol. The van der Waals surface area contributed by atoms with E-state index < -0.39 is 0 Å². The highest BCUT2D eigenvalue weighted by Gasteiger charge is 2.21.